The quantitative estimate of drug-likeness (QED) is 0.158. The van der Waals surface area contributed by atoms with Crippen LogP contribution in [0.2, 0.25) is 0 Å². The zero-order chi connectivity index (χ0) is 28.6. The van der Waals surface area contributed by atoms with Gasteiger partial charge in [0, 0.05) is 67.2 Å². The number of nitrogens with zero attached hydrogens (tertiary/aromatic N) is 4. The molecule has 0 saturated carbocycles. The first-order valence-corrected chi connectivity index (χ1v) is 13.5. The summed E-state index contributed by atoms with van der Waals surface area (Å²) < 4.78 is 0. The fourth-order valence-corrected chi connectivity index (χ4v) is 4.75. The summed E-state index contributed by atoms with van der Waals surface area (Å²) in [4.78, 5) is 21.7. The summed E-state index contributed by atoms with van der Waals surface area (Å²) in [5.74, 6) is 0.831. The van der Waals surface area contributed by atoms with Gasteiger partial charge in [-0.25, -0.2) is 4.98 Å². The molecule has 3 N–H and O–H groups in total. The van der Waals surface area contributed by atoms with Gasteiger partial charge in [-0.15, -0.1) is 0 Å². The summed E-state index contributed by atoms with van der Waals surface area (Å²) >= 11 is 0. The molecular weight excluding hydrogens is 506 g/mol. The summed E-state index contributed by atoms with van der Waals surface area (Å²) in [7, 11) is 1.92. The lowest BCUT2D eigenvalue weighted by Gasteiger charge is -2.13. The summed E-state index contributed by atoms with van der Waals surface area (Å²) in [6.07, 6.45) is 14.4. The fraction of sp³-hybridized carbons (Fsp3) is 0.118. The van der Waals surface area contributed by atoms with Crippen LogP contribution in [0.15, 0.2) is 128 Å². The molecule has 0 fully saturated rings. The average Bonchev–Trinajstić information content (AvgIpc) is 3.41. The third-order valence-corrected chi connectivity index (χ3v) is 6.69. The average molecular weight is 540 g/mol. The van der Waals surface area contributed by atoms with Crippen LogP contribution >= 0.6 is 0 Å². The van der Waals surface area contributed by atoms with Gasteiger partial charge < -0.3 is 15.6 Å². The Morgan fingerprint density at radius 2 is 1.80 bits per heavy atom. The molecule has 0 unspecified atom stereocenters. The molecule has 7 nitrogen and oxygen atoms in total. The number of H-pyrrole nitrogens is 1. The van der Waals surface area contributed by atoms with Gasteiger partial charge in [-0.3, -0.25) is 15.0 Å². The summed E-state index contributed by atoms with van der Waals surface area (Å²) in [6, 6.07) is 18.1. The Morgan fingerprint density at radius 3 is 2.56 bits per heavy atom. The molecule has 0 radical (unpaired) electrons. The second-order valence-electron chi connectivity index (χ2n) is 9.66. The number of fused-ring (bicyclic) bond motifs is 1. The molecule has 0 aliphatic rings. The van der Waals surface area contributed by atoms with E-state index in [0.29, 0.717) is 6.42 Å². The van der Waals surface area contributed by atoms with Crippen molar-refractivity contribution in [3.63, 3.8) is 0 Å². The molecule has 204 valence electrons. The molecule has 1 aromatic carbocycles. The van der Waals surface area contributed by atoms with Crippen LogP contribution in [0, 0.1) is 0 Å². The topological polar surface area (TPSA) is 91.4 Å². The molecule has 0 saturated heterocycles. The Hall–Kier alpha value is -5.30. The van der Waals surface area contributed by atoms with Gasteiger partial charge in [0.15, 0.2) is 0 Å². The molecule has 5 rings (SSSR count). The number of nitrogens with one attached hydrogen (secondary N) is 3. The van der Waals surface area contributed by atoms with Crippen LogP contribution in [0.5, 0.6) is 0 Å². The Bertz CT molecular complexity index is 1730. The predicted octanol–water partition coefficient (Wildman–Crippen LogP) is 6.89. The summed E-state index contributed by atoms with van der Waals surface area (Å²) in [6.45, 7) is 10.6. The molecule has 0 amide bonds. The maximum atomic E-state index is 4.94. The molecule has 0 aliphatic heterocycles. The van der Waals surface area contributed by atoms with Gasteiger partial charge in [0.25, 0.3) is 0 Å². The zero-order valence-electron chi connectivity index (χ0n) is 23.4. The van der Waals surface area contributed by atoms with Crippen molar-refractivity contribution >= 4 is 22.3 Å². The SMILES string of the molecule is C=C(Cc1ccccc1)Nc1cncc(C(=C)/C=C(Cc2nc3c(-c4cccnc4)nccc3[nH]2)\C(=C/C)NC)c1. The highest BCUT2D eigenvalue weighted by Crippen LogP contribution is 2.27. The van der Waals surface area contributed by atoms with Crippen LogP contribution in [0.1, 0.15) is 23.9 Å². The van der Waals surface area contributed by atoms with E-state index in [1.807, 2.05) is 68.7 Å². The second kappa shape index (κ2) is 12.7. The number of pyridine rings is 3. The zero-order valence-corrected chi connectivity index (χ0v) is 23.4. The number of hydrogen-bond acceptors (Lipinski definition) is 6. The monoisotopic (exact) mass is 539 g/mol. The van der Waals surface area contributed by atoms with E-state index in [-0.39, 0.29) is 0 Å². The predicted molar refractivity (Wildman–Crippen MR) is 168 cm³/mol. The summed E-state index contributed by atoms with van der Waals surface area (Å²) in [5, 5.41) is 6.70. The highest BCUT2D eigenvalue weighted by molar-refractivity contribution is 5.89. The van der Waals surface area contributed by atoms with Gasteiger partial charge in [-0.05, 0) is 54.0 Å². The molecule has 41 heavy (non-hydrogen) atoms. The largest absolute Gasteiger partial charge is 0.388 e. The van der Waals surface area contributed by atoms with E-state index in [0.717, 1.165) is 68.3 Å². The minimum absolute atomic E-state index is 0.569. The van der Waals surface area contributed by atoms with E-state index in [1.54, 1.807) is 24.8 Å². The van der Waals surface area contributed by atoms with Crippen molar-refractivity contribution in [2.45, 2.75) is 19.8 Å². The van der Waals surface area contributed by atoms with Crippen LogP contribution in [0.25, 0.3) is 27.9 Å². The van der Waals surface area contributed by atoms with E-state index in [9.17, 15) is 0 Å². The van der Waals surface area contributed by atoms with Gasteiger partial charge in [-0.1, -0.05) is 49.6 Å². The number of aromatic nitrogens is 5. The van der Waals surface area contributed by atoms with Gasteiger partial charge in [-0.2, -0.15) is 0 Å². The van der Waals surface area contributed by atoms with E-state index in [1.165, 1.54) is 5.56 Å². The number of imidazole rings is 1. The molecule has 0 spiro atoms. The fourth-order valence-electron chi connectivity index (χ4n) is 4.75. The van der Waals surface area contributed by atoms with Crippen molar-refractivity contribution in [3.05, 3.63) is 145 Å². The van der Waals surface area contributed by atoms with Crippen molar-refractivity contribution in [2.75, 3.05) is 12.4 Å². The highest BCUT2D eigenvalue weighted by Gasteiger charge is 2.14. The van der Waals surface area contributed by atoms with Crippen molar-refractivity contribution in [2.24, 2.45) is 0 Å². The summed E-state index contributed by atoms with van der Waals surface area (Å²) in [5.41, 5.74) is 10.2. The third kappa shape index (κ3) is 6.65. The number of hydrogen-bond donors (Lipinski definition) is 3. The number of anilines is 1. The van der Waals surface area contributed by atoms with Gasteiger partial charge >= 0.3 is 0 Å². The smallest absolute Gasteiger partial charge is 0.115 e. The maximum absolute atomic E-state index is 4.94. The molecule has 4 aromatic heterocycles. The van der Waals surface area contributed by atoms with Crippen LogP contribution in [-0.2, 0) is 12.8 Å². The minimum atomic E-state index is 0.569. The van der Waals surface area contributed by atoms with Gasteiger partial charge in [0.2, 0.25) is 0 Å². The number of rotatable bonds is 11. The van der Waals surface area contributed by atoms with E-state index >= 15 is 0 Å². The first-order valence-electron chi connectivity index (χ1n) is 13.5. The molecule has 0 atom stereocenters. The third-order valence-electron chi connectivity index (χ3n) is 6.69. The van der Waals surface area contributed by atoms with Crippen molar-refractivity contribution in [3.8, 4) is 11.3 Å². The number of likely N-dealkylation sites (N-methyl/N-ethyl adjacent to an activating group) is 1. The second-order valence-corrected chi connectivity index (χ2v) is 9.66. The van der Waals surface area contributed by atoms with E-state index in [4.69, 9.17) is 4.98 Å². The van der Waals surface area contributed by atoms with Gasteiger partial charge in [0.1, 0.15) is 11.3 Å². The Morgan fingerprint density at radius 1 is 0.951 bits per heavy atom. The van der Waals surface area contributed by atoms with Crippen molar-refractivity contribution in [1.29, 1.82) is 0 Å². The first kappa shape index (κ1) is 27.3. The molecule has 7 heteroatoms. The Labute approximate surface area is 240 Å². The van der Waals surface area contributed by atoms with Crippen LogP contribution in [-0.4, -0.2) is 32.0 Å². The van der Waals surface area contributed by atoms with Crippen LogP contribution in [0.3, 0.4) is 0 Å². The standard InChI is InChI=1S/C34H33N7/c1-5-30(35-4)27(19-32-40-31-13-15-38-33(34(31)41-32)26-12-9-14-36-20-26)16-23(2)28-18-29(22-37-21-28)39-24(3)17-25-10-7-6-8-11-25/h5-16,18,20-22,35,39H,2-3,17,19H2,1,4H3,(H,40,41)/b27-16-,30-5+. The normalized spacial score (nSPS) is 11.9. The first-order chi connectivity index (χ1) is 20.0. The van der Waals surface area contributed by atoms with Gasteiger partial charge in [0.05, 0.1) is 23.1 Å². The molecule has 4 heterocycles. The maximum Gasteiger partial charge on any atom is 0.115 e. The molecule has 5 aromatic rings. The number of allylic oxidation sites excluding steroid dienone is 5. The lowest BCUT2D eigenvalue weighted by Crippen LogP contribution is -2.11. The van der Waals surface area contributed by atoms with Crippen LogP contribution in [0.4, 0.5) is 5.69 Å². The minimum Gasteiger partial charge on any atom is -0.388 e. The van der Waals surface area contributed by atoms with Crippen molar-refractivity contribution in [1.82, 2.24) is 30.2 Å². The highest BCUT2D eigenvalue weighted by atomic mass is 14.9. The van der Waals surface area contributed by atoms with E-state index in [2.05, 4.69) is 61.9 Å². The van der Waals surface area contributed by atoms with Crippen molar-refractivity contribution < 1.29 is 0 Å². The molecular formula is C34H33N7. The molecule has 0 aliphatic carbocycles. The number of benzene rings is 1. The molecule has 0 bridgehead atoms. The lowest BCUT2D eigenvalue weighted by atomic mass is 10.0. The Balaban J connectivity index is 1.39. The van der Waals surface area contributed by atoms with E-state index < -0.39 is 0 Å². The Kier molecular flexibility index (Phi) is 8.45. The number of aromatic amines is 1. The van der Waals surface area contributed by atoms with Crippen LogP contribution < -0.4 is 10.6 Å². The lowest BCUT2D eigenvalue weighted by molar-refractivity contribution is 0.933.